The zero-order valence-corrected chi connectivity index (χ0v) is 9.65. The van der Waals surface area contributed by atoms with Crippen LogP contribution in [0.15, 0.2) is 4.42 Å². The normalized spacial score (nSPS) is 10.6. The molecule has 0 radical (unpaired) electrons. The third-order valence-corrected chi connectivity index (χ3v) is 2.09. The van der Waals surface area contributed by atoms with Crippen LogP contribution in [0.1, 0.15) is 42.4 Å². The van der Waals surface area contributed by atoms with Gasteiger partial charge in [-0.1, -0.05) is 13.3 Å². The van der Waals surface area contributed by atoms with E-state index in [2.05, 4.69) is 4.98 Å². The Balaban J connectivity index is 2.72. The van der Waals surface area contributed by atoms with Crippen LogP contribution in [0.2, 0.25) is 0 Å². The Morgan fingerprint density at radius 2 is 2.19 bits per heavy atom. The molecular weight excluding hydrogens is 210 g/mol. The minimum atomic E-state index is -1.06. The number of carbonyl (C=O) groups is 1. The monoisotopic (exact) mass is 227 g/mol. The van der Waals surface area contributed by atoms with E-state index in [0.29, 0.717) is 37.6 Å². The molecule has 1 N–H and O–H groups in total. The fourth-order valence-corrected chi connectivity index (χ4v) is 1.38. The summed E-state index contributed by atoms with van der Waals surface area (Å²) in [6.07, 6.45) is 1.98. The number of carboxylic acid groups (broad SMARTS) is 1. The summed E-state index contributed by atoms with van der Waals surface area (Å²) in [5.41, 5.74) is 0.529. The van der Waals surface area contributed by atoms with Crippen LogP contribution in [-0.2, 0) is 17.6 Å². The van der Waals surface area contributed by atoms with Crippen molar-refractivity contribution in [2.75, 3.05) is 13.2 Å². The van der Waals surface area contributed by atoms with Gasteiger partial charge in [0.2, 0.25) is 5.76 Å². The summed E-state index contributed by atoms with van der Waals surface area (Å²) >= 11 is 0. The van der Waals surface area contributed by atoms with Crippen LogP contribution in [0.4, 0.5) is 0 Å². The second kappa shape index (κ2) is 6.27. The number of aromatic carboxylic acids is 1. The number of hydrogen-bond donors (Lipinski definition) is 1. The van der Waals surface area contributed by atoms with E-state index >= 15 is 0 Å². The van der Waals surface area contributed by atoms with E-state index in [4.69, 9.17) is 14.3 Å². The van der Waals surface area contributed by atoms with Gasteiger partial charge in [-0.2, -0.15) is 0 Å². The van der Waals surface area contributed by atoms with Crippen molar-refractivity contribution in [2.24, 2.45) is 0 Å². The molecule has 0 atom stereocenters. The van der Waals surface area contributed by atoms with E-state index in [1.807, 2.05) is 13.8 Å². The van der Waals surface area contributed by atoms with Crippen molar-refractivity contribution >= 4 is 5.97 Å². The molecule has 1 aromatic rings. The molecule has 0 saturated carbocycles. The number of ether oxygens (including phenoxy) is 1. The van der Waals surface area contributed by atoms with Gasteiger partial charge in [0.25, 0.3) is 0 Å². The van der Waals surface area contributed by atoms with Gasteiger partial charge in [0.1, 0.15) is 0 Å². The average Bonchev–Trinajstić information content (AvgIpc) is 2.62. The van der Waals surface area contributed by atoms with E-state index in [1.54, 1.807) is 0 Å². The molecule has 0 saturated heterocycles. The Labute approximate surface area is 94.4 Å². The molecule has 1 rings (SSSR count). The molecule has 1 aromatic heterocycles. The van der Waals surface area contributed by atoms with Crippen molar-refractivity contribution in [3.8, 4) is 0 Å². The van der Waals surface area contributed by atoms with Gasteiger partial charge in [-0.3, -0.25) is 0 Å². The zero-order chi connectivity index (χ0) is 12.0. The SMILES string of the molecule is CCCc1nc(CCOCC)oc1C(=O)O. The molecule has 0 aliphatic rings. The van der Waals surface area contributed by atoms with Crippen LogP contribution < -0.4 is 0 Å². The lowest BCUT2D eigenvalue weighted by Crippen LogP contribution is -1.99. The molecule has 5 nitrogen and oxygen atoms in total. The Morgan fingerprint density at radius 1 is 1.44 bits per heavy atom. The van der Waals surface area contributed by atoms with Gasteiger partial charge in [-0.15, -0.1) is 0 Å². The molecule has 0 aliphatic heterocycles. The molecule has 0 aromatic carbocycles. The molecule has 5 heteroatoms. The lowest BCUT2D eigenvalue weighted by Gasteiger charge is -1.95. The number of nitrogens with zero attached hydrogens (tertiary/aromatic N) is 1. The Morgan fingerprint density at radius 3 is 2.75 bits per heavy atom. The topological polar surface area (TPSA) is 72.6 Å². The maximum Gasteiger partial charge on any atom is 0.373 e. The number of aromatic nitrogens is 1. The highest BCUT2D eigenvalue weighted by Gasteiger charge is 2.18. The third-order valence-electron chi connectivity index (χ3n) is 2.09. The van der Waals surface area contributed by atoms with E-state index < -0.39 is 5.97 Å². The van der Waals surface area contributed by atoms with Crippen LogP contribution in [0, 0.1) is 0 Å². The highest BCUT2D eigenvalue weighted by atomic mass is 16.5. The fourth-order valence-electron chi connectivity index (χ4n) is 1.38. The molecule has 0 spiro atoms. The summed E-state index contributed by atoms with van der Waals surface area (Å²) in [7, 11) is 0. The van der Waals surface area contributed by atoms with Crippen molar-refractivity contribution in [3.05, 3.63) is 17.3 Å². The third kappa shape index (κ3) is 3.34. The fraction of sp³-hybridized carbons (Fsp3) is 0.636. The largest absolute Gasteiger partial charge is 0.475 e. The molecule has 90 valence electrons. The second-order valence-corrected chi connectivity index (χ2v) is 3.39. The maximum absolute atomic E-state index is 10.9. The Bertz CT molecular complexity index is 346. The zero-order valence-electron chi connectivity index (χ0n) is 9.65. The van der Waals surface area contributed by atoms with E-state index in [-0.39, 0.29) is 5.76 Å². The van der Waals surface area contributed by atoms with Crippen LogP contribution in [0.25, 0.3) is 0 Å². The second-order valence-electron chi connectivity index (χ2n) is 3.39. The summed E-state index contributed by atoms with van der Waals surface area (Å²) in [6.45, 7) is 5.01. The Hall–Kier alpha value is -1.36. The summed E-state index contributed by atoms with van der Waals surface area (Å²) in [4.78, 5) is 15.0. The van der Waals surface area contributed by atoms with Crippen molar-refractivity contribution < 1.29 is 19.1 Å². The number of hydrogen-bond acceptors (Lipinski definition) is 4. The van der Waals surface area contributed by atoms with Crippen LogP contribution in [-0.4, -0.2) is 29.3 Å². The van der Waals surface area contributed by atoms with E-state index in [9.17, 15) is 4.79 Å². The molecule has 1 heterocycles. The van der Waals surface area contributed by atoms with Crippen molar-refractivity contribution in [1.82, 2.24) is 4.98 Å². The first kappa shape index (κ1) is 12.7. The number of oxazole rings is 1. The first-order valence-corrected chi connectivity index (χ1v) is 5.48. The molecule has 0 bridgehead atoms. The first-order chi connectivity index (χ1) is 7.69. The number of carboxylic acids is 1. The van der Waals surface area contributed by atoms with E-state index in [0.717, 1.165) is 6.42 Å². The van der Waals surface area contributed by atoms with Crippen molar-refractivity contribution in [1.29, 1.82) is 0 Å². The minimum Gasteiger partial charge on any atom is -0.475 e. The molecule has 0 amide bonds. The predicted molar refractivity (Wildman–Crippen MR) is 57.7 cm³/mol. The predicted octanol–water partition coefficient (Wildman–Crippen LogP) is 1.90. The van der Waals surface area contributed by atoms with Crippen LogP contribution >= 0.6 is 0 Å². The van der Waals surface area contributed by atoms with Gasteiger partial charge in [0.05, 0.1) is 12.3 Å². The number of rotatable bonds is 7. The van der Waals surface area contributed by atoms with Gasteiger partial charge in [0.15, 0.2) is 5.89 Å². The first-order valence-electron chi connectivity index (χ1n) is 5.48. The van der Waals surface area contributed by atoms with Gasteiger partial charge >= 0.3 is 5.97 Å². The summed E-state index contributed by atoms with van der Waals surface area (Å²) in [6, 6.07) is 0. The molecule has 0 unspecified atom stereocenters. The average molecular weight is 227 g/mol. The molecule has 0 aliphatic carbocycles. The van der Waals surface area contributed by atoms with Crippen LogP contribution in [0.5, 0.6) is 0 Å². The lowest BCUT2D eigenvalue weighted by molar-refractivity contribution is 0.0657. The van der Waals surface area contributed by atoms with Gasteiger partial charge in [-0.05, 0) is 13.3 Å². The van der Waals surface area contributed by atoms with Gasteiger partial charge in [-0.25, -0.2) is 9.78 Å². The maximum atomic E-state index is 10.9. The quantitative estimate of drug-likeness (QED) is 0.720. The van der Waals surface area contributed by atoms with Gasteiger partial charge in [0, 0.05) is 13.0 Å². The Kier molecular flexibility index (Phi) is 4.98. The minimum absolute atomic E-state index is 0.0339. The van der Waals surface area contributed by atoms with Crippen molar-refractivity contribution in [3.63, 3.8) is 0 Å². The number of aryl methyl sites for hydroxylation is 1. The van der Waals surface area contributed by atoms with Crippen LogP contribution in [0.3, 0.4) is 0 Å². The molecule has 16 heavy (non-hydrogen) atoms. The van der Waals surface area contributed by atoms with E-state index in [1.165, 1.54) is 0 Å². The van der Waals surface area contributed by atoms with Gasteiger partial charge < -0.3 is 14.3 Å². The smallest absolute Gasteiger partial charge is 0.373 e. The molecule has 0 fully saturated rings. The highest BCUT2D eigenvalue weighted by molar-refractivity contribution is 5.85. The standard InChI is InChI=1S/C11H17NO4/c1-3-5-8-10(11(13)14)16-9(12-8)6-7-15-4-2/h3-7H2,1-2H3,(H,13,14). The highest BCUT2D eigenvalue weighted by Crippen LogP contribution is 2.13. The summed E-state index contributed by atoms with van der Waals surface area (Å²) in [5, 5.41) is 8.91. The van der Waals surface area contributed by atoms with Crippen molar-refractivity contribution in [2.45, 2.75) is 33.1 Å². The molecular formula is C11H17NO4. The lowest BCUT2D eigenvalue weighted by atomic mass is 10.2. The summed E-state index contributed by atoms with van der Waals surface area (Å²) < 4.78 is 10.3. The summed E-state index contributed by atoms with van der Waals surface area (Å²) in [5.74, 6) is -0.652.